The highest BCUT2D eigenvalue weighted by atomic mass is 35.5. The van der Waals surface area contributed by atoms with Gasteiger partial charge in [-0.25, -0.2) is 0 Å². The van der Waals surface area contributed by atoms with Crippen molar-refractivity contribution in [2.45, 2.75) is 190 Å². The molecular weight excluding hydrogens is 1010 g/mol. The zero-order valence-electron chi connectivity index (χ0n) is 46.3. The van der Waals surface area contributed by atoms with Crippen molar-refractivity contribution in [2.75, 3.05) is 27.2 Å². The van der Waals surface area contributed by atoms with E-state index in [2.05, 4.69) is 29.6 Å². The Bertz CT molecular complexity index is 2550. The number of amides is 4. The second kappa shape index (κ2) is 28.6. The monoisotopic (exact) mass is 1090 g/mol. The molecule has 3 N–H and O–H groups in total. The summed E-state index contributed by atoms with van der Waals surface area (Å²) in [7, 11) is 3.12. The first-order valence-electron chi connectivity index (χ1n) is 28.9. The van der Waals surface area contributed by atoms with Crippen LogP contribution in [0, 0.1) is 5.92 Å². The summed E-state index contributed by atoms with van der Waals surface area (Å²) in [5.41, 5.74) is 7.54. The van der Waals surface area contributed by atoms with Gasteiger partial charge in [-0.2, -0.15) is 0 Å². The number of halogens is 2. The van der Waals surface area contributed by atoms with Crippen LogP contribution in [0.2, 0.25) is 10.0 Å². The predicted molar refractivity (Wildman–Crippen MR) is 309 cm³/mol. The van der Waals surface area contributed by atoms with Gasteiger partial charge >= 0.3 is 5.97 Å². The minimum Gasteiger partial charge on any atom is -0.444 e. The molecule has 1 saturated heterocycles. The molecule has 1 aliphatic heterocycles. The Kier molecular flexibility index (Phi) is 22.1. The van der Waals surface area contributed by atoms with Gasteiger partial charge in [-0.15, -0.1) is 0 Å². The highest BCUT2D eigenvalue weighted by Crippen LogP contribution is 2.45. The Labute approximate surface area is 469 Å². The van der Waals surface area contributed by atoms with Crippen molar-refractivity contribution < 1.29 is 28.7 Å². The molecule has 1 heterocycles. The summed E-state index contributed by atoms with van der Waals surface area (Å²) in [5, 5.41) is 3.93. The second-order valence-corrected chi connectivity index (χ2v) is 23.4. The fraction of sp³-hybridized carbons (Fsp3) is 0.547. The number of carbonyl (C=O) groups is 5. The van der Waals surface area contributed by atoms with Crippen LogP contribution in [0.3, 0.4) is 0 Å². The van der Waals surface area contributed by atoms with Crippen LogP contribution in [-0.4, -0.2) is 95.1 Å². The highest BCUT2D eigenvalue weighted by molar-refractivity contribution is 6.31. The number of rotatable bonds is 17. The summed E-state index contributed by atoms with van der Waals surface area (Å²) >= 11 is 13.6. The Morgan fingerprint density at radius 3 is 1.75 bits per heavy atom. The number of nitrogens with zero attached hydrogens (tertiary/aromatic N) is 3. The third-order valence-corrected chi connectivity index (χ3v) is 17.5. The number of likely N-dealkylation sites (N-methyl/N-ethyl adjacent to an activating group) is 2. The average Bonchev–Trinajstić information content (AvgIpc) is 3.96. The van der Waals surface area contributed by atoms with E-state index in [0.717, 1.165) is 37.7 Å². The Hall–Kier alpha value is -5.23. The molecule has 4 aromatic rings. The van der Waals surface area contributed by atoms with Crippen molar-refractivity contribution >= 4 is 52.8 Å². The standard InChI is InChI=1S/C64H85Cl2N5O6/c1-46(2)58(70(4)62(76)63(40-24-25-41-63)68-59(73)55(67)44-49-30-20-22-34-53(49)65)61(75)69(3)56(60(74)71-42-26-15-27-43-71)45-57(72)77-64(50-31-18-14-19-32-50,52-33-21-23-35-54(52)66)51-38-36-48(37-39-51)47-28-16-12-10-8-6-5-7-9-11-13-17-29-47/h14,18-23,30-39,46-47,55-56,58H,5-13,15-17,24-29,40-45,67H2,1-4H3,(H,68,73)/t55-,56-,58-,64?/m0/s1. The maximum atomic E-state index is 15.3. The van der Waals surface area contributed by atoms with Crippen LogP contribution in [0.5, 0.6) is 0 Å². The smallest absolute Gasteiger partial charge is 0.310 e. The minimum absolute atomic E-state index is 0.177. The molecule has 0 spiro atoms. The molecule has 416 valence electrons. The van der Waals surface area contributed by atoms with Gasteiger partial charge in [0.15, 0.2) is 5.60 Å². The molecule has 13 heteroatoms. The molecule has 11 nitrogen and oxygen atoms in total. The molecule has 2 saturated carbocycles. The molecule has 0 bridgehead atoms. The highest BCUT2D eigenvalue weighted by Gasteiger charge is 2.49. The first kappa shape index (κ1) is 59.4. The van der Waals surface area contributed by atoms with Gasteiger partial charge in [0, 0.05) is 53.9 Å². The van der Waals surface area contributed by atoms with Crippen LogP contribution in [0.25, 0.3) is 0 Å². The van der Waals surface area contributed by atoms with Crippen LogP contribution in [0.4, 0.5) is 0 Å². The molecule has 1 unspecified atom stereocenters. The number of hydrogen-bond acceptors (Lipinski definition) is 7. The van der Waals surface area contributed by atoms with Crippen molar-refractivity contribution in [1.82, 2.24) is 20.0 Å². The van der Waals surface area contributed by atoms with Crippen LogP contribution in [0.15, 0.2) is 103 Å². The van der Waals surface area contributed by atoms with E-state index in [0.29, 0.717) is 71.4 Å². The molecule has 4 atom stereocenters. The number of nitrogens with one attached hydrogen (secondary N) is 1. The SMILES string of the molecule is CC(C)[C@@H](C(=O)N(C)[C@@H](CC(=O)OC(c1ccccc1)(c1ccc(C2CCCCCCCCCCCCC2)cc1)c1ccccc1Cl)C(=O)N1CCCCC1)N(C)C(=O)C1(NC(=O)[C@@H](N)Cc2ccccc2Cl)CCCC1. The number of ether oxygens (including phenoxy) is 1. The van der Waals surface area contributed by atoms with Gasteiger partial charge in [0.1, 0.15) is 17.6 Å². The number of carbonyl (C=O) groups excluding carboxylic acids is 5. The molecule has 4 amide bonds. The van der Waals surface area contributed by atoms with Crippen LogP contribution in [0.1, 0.15) is 182 Å². The van der Waals surface area contributed by atoms with Crippen LogP contribution < -0.4 is 11.1 Å². The van der Waals surface area contributed by atoms with E-state index in [-0.39, 0.29) is 12.3 Å². The molecule has 2 aliphatic carbocycles. The molecule has 0 radical (unpaired) electrons. The number of benzene rings is 4. The van der Waals surface area contributed by atoms with E-state index in [1.165, 1.54) is 86.0 Å². The number of nitrogens with two attached hydrogens (primary N) is 1. The summed E-state index contributed by atoms with van der Waals surface area (Å²) in [6.45, 7) is 4.67. The summed E-state index contributed by atoms with van der Waals surface area (Å²) in [6, 6.07) is 29.4. The van der Waals surface area contributed by atoms with E-state index >= 15 is 14.4 Å². The van der Waals surface area contributed by atoms with E-state index in [1.807, 2.05) is 80.6 Å². The van der Waals surface area contributed by atoms with E-state index in [4.69, 9.17) is 33.7 Å². The second-order valence-electron chi connectivity index (χ2n) is 22.6. The average molecular weight is 1090 g/mol. The maximum Gasteiger partial charge on any atom is 0.310 e. The molecule has 3 fully saturated rings. The Morgan fingerprint density at radius 2 is 1.18 bits per heavy atom. The lowest BCUT2D eigenvalue weighted by molar-refractivity contribution is -0.161. The molecule has 4 aromatic carbocycles. The lowest BCUT2D eigenvalue weighted by Gasteiger charge is -2.41. The lowest BCUT2D eigenvalue weighted by Crippen LogP contribution is -2.64. The Balaban J connectivity index is 1.19. The molecule has 3 aliphatic rings. The lowest BCUT2D eigenvalue weighted by atomic mass is 9.78. The number of hydrogen-bond donors (Lipinski definition) is 2. The molecule has 77 heavy (non-hydrogen) atoms. The Morgan fingerprint density at radius 1 is 0.662 bits per heavy atom. The summed E-state index contributed by atoms with van der Waals surface area (Å²) in [5.74, 6) is -2.50. The van der Waals surface area contributed by atoms with Gasteiger partial charge in [-0.1, -0.05) is 212 Å². The normalized spacial score (nSPS) is 18.9. The van der Waals surface area contributed by atoms with E-state index in [1.54, 1.807) is 31.1 Å². The number of piperidine rings is 1. The third-order valence-electron chi connectivity index (χ3n) is 16.8. The van der Waals surface area contributed by atoms with Crippen molar-refractivity contribution in [3.05, 3.63) is 141 Å². The van der Waals surface area contributed by atoms with Crippen molar-refractivity contribution in [3.63, 3.8) is 0 Å². The summed E-state index contributed by atoms with van der Waals surface area (Å²) in [4.78, 5) is 78.9. The van der Waals surface area contributed by atoms with Gasteiger partial charge < -0.3 is 30.5 Å². The van der Waals surface area contributed by atoms with Crippen molar-refractivity contribution in [2.24, 2.45) is 11.7 Å². The van der Waals surface area contributed by atoms with Gasteiger partial charge in [-0.3, -0.25) is 24.0 Å². The molecular formula is C64H85Cl2N5O6. The van der Waals surface area contributed by atoms with Gasteiger partial charge in [0.25, 0.3) is 0 Å². The first-order valence-corrected chi connectivity index (χ1v) is 29.7. The van der Waals surface area contributed by atoms with Gasteiger partial charge in [0.2, 0.25) is 23.6 Å². The maximum absolute atomic E-state index is 15.3. The first-order chi connectivity index (χ1) is 37.2. The third kappa shape index (κ3) is 14.9. The topological polar surface area (TPSA) is 142 Å². The van der Waals surface area contributed by atoms with E-state index in [9.17, 15) is 9.59 Å². The van der Waals surface area contributed by atoms with E-state index < -0.39 is 65.3 Å². The predicted octanol–water partition coefficient (Wildman–Crippen LogP) is 12.7. The summed E-state index contributed by atoms with van der Waals surface area (Å²) < 4.78 is 7.00. The molecule has 0 aromatic heterocycles. The van der Waals surface area contributed by atoms with Crippen molar-refractivity contribution in [1.29, 1.82) is 0 Å². The minimum atomic E-state index is -1.55. The van der Waals surface area contributed by atoms with Crippen molar-refractivity contribution in [3.8, 4) is 0 Å². The summed E-state index contributed by atoms with van der Waals surface area (Å²) in [6.07, 6.45) is 20.7. The zero-order valence-corrected chi connectivity index (χ0v) is 47.8. The quantitative estimate of drug-likeness (QED) is 0.0792. The molecule has 7 rings (SSSR count). The largest absolute Gasteiger partial charge is 0.444 e. The van der Waals surface area contributed by atoms with Crippen LogP contribution in [-0.2, 0) is 40.7 Å². The fourth-order valence-corrected chi connectivity index (χ4v) is 12.9. The van der Waals surface area contributed by atoms with Gasteiger partial charge in [0.05, 0.1) is 12.5 Å². The zero-order chi connectivity index (χ0) is 55.0. The van der Waals surface area contributed by atoms with Gasteiger partial charge in [-0.05, 0) is 86.5 Å². The fourth-order valence-electron chi connectivity index (χ4n) is 12.4. The van der Waals surface area contributed by atoms with Crippen LogP contribution >= 0.6 is 23.2 Å². The number of likely N-dealkylation sites (tertiary alicyclic amines) is 1. The number of esters is 1.